The fraction of sp³-hybridized carbons (Fsp3) is 0.316. The maximum atomic E-state index is 13.7. The number of benzene rings is 2. The van der Waals surface area contributed by atoms with Crippen LogP contribution in [0.3, 0.4) is 0 Å². The maximum Gasteiger partial charge on any atom is 0.223 e. The molecule has 2 aromatic rings. The van der Waals surface area contributed by atoms with Gasteiger partial charge in [-0.25, -0.2) is 8.78 Å². The summed E-state index contributed by atoms with van der Waals surface area (Å²) in [5.41, 5.74) is 1.49. The van der Waals surface area contributed by atoms with Crippen molar-refractivity contribution < 1.29 is 18.3 Å². The first kappa shape index (κ1) is 17.9. The largest absolute Gasteiger partial charge is 0.494 e. The van der Waals surface area contributed by atoms with Crippen molar-refractivity contribution in [2.24, 2.45) is 0 Å². The summed E-state index contributed by atoms with van der Waals surface area (Å²) < 4.78 is 31.8. The van der Waals surface area contributed by atoms with Gasteiger partial charge in [0.2, 0.25) is 5.91 Å². The molecule has 2 aromatic carbocycles. The van der Waals surface area contributed by atoms with Gasteiger partial charge in [0, 0.05) is 19.5 Å². The summed E-state index contributed by atoms with van der Waals surface area (Å²) in [6.45, 7) is 2.78. The number of aryl methyl sites for hydroxylation is 1. The fourth-order valence-electron chi connectivity index (χ4n) is 2.51. The Balaban J connectivity index is 1.95. The SMILES string of the molecule is CCN(Cc1cccc(F)c1)C(=O)CCc1ccc(OC)c(F)c1. The molecule has 0 radical (unpaired) electrons. The third-order valence-corrected chi connectivity index (χ3v) is 3.84. The molecule has 2 rings (SSSR count). The predicted molar refractivity (Wildman–Crippen MR) is 88.8 cm³/mol. The lowest BCUT2D eigenvalue weighted by Gasteiger charge is -2.21. The van der Waals surface area contributed by atoms with Crippen molar-refractivity contribution in [3.05, 3.63) is 65.2 Å². The molecule has 0 saturated heterocycles. The first-order chi connectivity index (χ1) is 11.5. The van der Waals surface area contributed by atoms with E-state index >= 15 is 0 Å². The second kappa shape index (κ2) is 8.43. The number of amides is 1. The molecular formula is C19H21F2NO2. The lowest BCUT2D eigenvalue weighted by Crippen LogP contribution is -2.30. The second-order valence-electron chi connectivity index (χ2n) is 5.51. The van der Waals surface area contributed by atoms with E-state index in [1.807, 2.05) is 6.92 Å². The predicted octanol–water partition coefficient (Wildman–Crippen LogP) is 3.95. The van der Waals surface area contributed by atoms with E-state index in [0.29, 0.717) is 19.5 Å². The lowest BCUT2D eigenvalue weighted by molar-refractivity contribution is -0.131. The van der Waals surface area contributed by atoms with Crippen LogP contribution in [0.25, 0.3) is 0 Å². The van der Waals surface area contributed by atoms with Crippen LogP contribution in [0.5, 0.6) is 5.75 Å². The molecule has 24 heavy (non-hydrogen) atoms. The maximum absolute atomic E-state index is 13.7. The molecule has 0 heterocycles. The number of ether oxygens (including phenoxy) is 1. The van der Waals surface area contributed by atoms with E-state index in [9.17, 15) is 13.6 Å². The van der Waals surface area contributed by atoms with Gasteiger partial charge in [0.1, 0.15) is 5.82 Å². The summed E-state index contributed by atoms with van der Waals surface area (Å²) in [5.74, 6) is -0.608. The van der Waals surface area contributed by atoms with Crippen LogP contribution in [0.2, 0.25) is 0 Å². The fourth-order valence-corrected chi connectivity index (χ4v) is 2.51. The highest BCUT2D eigenvalue weighted by atomic mass is 19.1. The number of nitrogens with zero attached hydrogens (tertiary/aromatic N) is 1. The minimum absolute atomic E-state index is 0.0435. The van der Waals surface area contributed by atoms with Crippen molar-refractivity contribution in [3.63, 3.8) is 0 Å². The number of rotatable bonds is 7. The Morgan fingerprint density at radius 1 is 1.12 bits per heavy atom. The van der Waals surface area contributed by atoms with Gasteiger partial charge in [-0.05, 0) is 48.7 Å². The van der Waals surface area contributed by atoms with Gasteiger partial charge in [0.05, 0.1) is 7.11 Å². The van der Waals surface area contributed by atoms with Crippen LogP contribution in [0.15, 0.2) is 42.5 Å². The molecule has 0 saturated carbocycles. The molecule has 3 nitrogen and oxygen atoms in total. The van der Waals surface area contributed by atoms with Crippen molar-refractivity contribution in [2.45, 2.75) is 26.3 Å². The van der Waals surface area contributed by atoms with E-state index in [1.54, 1.807) is 29.2 Å². The van der Waals surface area contributed by atoms with E-state index in [0.717, 1.165) is 11.1 Å². The van der Waals surface area contributed by atoms with Crippen LogP contribution in [0.4, 0.5) is 8.78 Å². The van der Waals surface area contributed by atoms with Gasteiger partial charge in [-0.15, -0.1) is 0 Å². The molecule has 1 amide bonds. The van der Waals surface area contributed by atoms with Crippen LogP contribution in [0.1, 0.15) is 24.5 Å². The van der Waals surface area contributed by atoms with Gasteiger partial charge in [-0.3, -0.25) is 4.79 Å². The molecule has 0 atom stereocenters. The Kier molecular flexibility index (Phi) is 6.29. The molecular weight excluding hydrogens is 312 g/mol. The molecule has 0 unspecified atom stereocenters. The van der Waals surface area contributed by atoms with E-state index in [4.69, 9.17) is 4.74 Å². The molecule has 0 aromatic heterocycles. The van der Waals surface area contributed by atoms with Gasteiger partial charge in [0.15, 0.2) is 11.6 Å². The van der Waals surface area contributed by atoms with Crippen LogP contribution < -0.4 is 4.74 Å². The number of hydrogen-bond donors (Lipinski definition) is 0. The monoisotopic (exact) mass is 333 g/mol. The summed E-state index contributed by atoms with van der Waals surface area (Å²) in [4.78, 5) is 14.0. The first-order valence-electron chi connectivity index (χ1n) is 7.88. The number of hydrogen-bond acceptors (Lipinski definition) is 2. The minimum atomic E-state index is -0.436. The molecule has 0 bridgehead atoms. The zero-order chi connectivity index (χ0) is 17.5. The summed E-state index contributed by atoms with van der Waals surface area (Å²) in [6, 6.07) is 10.9. The van der Waals surface area contributed by atoms with E-state index < -0.39 is 5.82 Å². The van der Waals surface area contributed by atoms with Crippen molar-refractivity contribution in [2.75, 3.05) is 13.7 Å². The molecule has 0 fully saturated rings. The van der Waals surface area contributed by atoms with Crippen LogP contribution in [-0.2, 0) is 17.8 Å². The molecule has 5 heteroatoms. The third kappa shape index (κ3) is 4.78. The average molecular weight is 333 g/mol. The molecule has 0 aliphatic heterocycles. The average Bonchev–Trinajstić information content (AvgIpc) is 2.57. The van der Waals surface area contributed by atoms with E-state index in [-0.39, 0.29) is 23.9 Å². The molecule has 128 valence electrons. The van der Waals surface area contributed by atoms with E-state index in [2.05, 4.69) is 0 Å². The lowest BCUT2D eigenvalue weighted by atomic mass is 10.1. The van der Waals surface area contributed by atoms with Crippen molar-refractivity contribution in [3.8, 4) is 5.75 Å². The number of methoxy groups -OCH3 is 1. The van der Waals surface area contributed by atoms with E-state index in [1.165, 1.54) is 25.3 Å². The topological polar surface area (TPSA) is 29.5 Å². The Bertz CT molecular complexity index is 704. The quantitative estimate of drug-likeness (QED) is 0.768. The van der Waals surface area contributed by atoms with Crippen LogP contribution >= 0.6 is 0 Å². The Morgan fingerprint density at radius 3 is 2.54 bits per heavy atom. The van der Waals surface area contributed by atoms with Crippen LogP contribution in [0, 0.1) is 11.6 Å². The standard InChI is InChI=1S/C19H21F2NO2/c1-3-22(13-15-5-4-6-16(20)11-15)19(23)10-8-14-7-9-18(24-2)17(21)12-14/h4-7,9,11-12H,3,8,10,13H2,1-2H3. The minimum Gasteiger partial charge on any atom is -0.494 e. The van der Waals surface area contributed by atoms with Gasteiger partial charge >= 0.3 is 0 Å². The van der Waals surface area contributed by atoms with Crippen molar-refractivity contribution in [1.82, 2.24) is 4.90 Å². The number of carbonyl (C=O) groups is 1. The number of halogens is 2. The smallest absolute Gasteiger partial charge is 0.223 e. The highest BCUT2D eigenvalue weighted by Gasteiger charge is 2.13. The Morgan fingerprint density at radius 2 is 1.92 bits per heavy atom. The molecule has 0 N–H and O–H groups in total. The number of carbonyl (C=O) groups excluding carboxylic acids is 1. The molecule has 0 aliphatic carbocycles. The zero-order valence-electron chi connectivity index (χ0n) is 13.9. The Labute approximate surface area is 140 Å². The highest BCUT2D eigenvalue weighted by Crippen LogP contribution is 2.19. The molecule has 0 aliphatic rings. The normalized spacial score (nSPS) is 10.5. The van der Waals surface area contributed by atoms with Crippen molar-refractivity contribution >= 4 is 5.91 Å². The highest BCUT2D eigenvalue weighted by molar-refractivity contribution is 5.76. The summed E-state index contributed by atoms with van der Waals surface area (Å²) in [5, 5.41) is 0. The zero-order valence-corrected chi connectivity index (χ0v) is 13.9. The summed E-state index contributed by atoms with van der Waals surface area (Å²) in [6.07, 6.45) is 0.717. The first-order valence-corrected chi connectivity index (χ1v) is 7.88. The van der Waals surface area contributed by atoms with Gasteiger partial charge in [-0.1, -0.05) is 18.2 Å². The third-order valence-electron chi connectivity index (χ3n) is 3.84. The molecule has 0 spiro atoms. The van der Waals surface area contributed by atoms with Gasteiger partial charge in [-0.2, -0.15) is 0 Å². The summed E-state index contributed by atoms with van der Waals surface area (Å²) >= 11 is 0. The van der Waals surface area contributed by atoms with Gasteiger partial charge in [0.25, 0.3) is 0 Å². The second-order valence-corrected chi connectivity index (χ2v) is 5.51. The van der Waals surface area contributed by atoms with Crippen molar-refractivity contribution in [1.29, 1.82) is 0 Å². The summed E-state index contributed by atoms with van der Waals surface area (Å²) in [7, 11) is 1.41. The Hall–Kier alpha value is -2.43. The van der Waals surface area contributed by atoms with Gasteiger partial charge < -0.3 is 9.64 Å². The van der Waals surface area contributed by atoms with Crippen LogP contribution in [-0.4, -0.2) is 24.5 Å².